The molecule has 0 aromatic rings. The van der Waals surface area contributed by atoms with E-state index in [0.29, 0.717) is 0 Å². The zero-order valence-electron chi connectivity index (χ0n) is 3.85. The summed E-state index contributed by atoms with van der Waals surface area (Å²) in [4.78, 5) is 0. The van der Waals surface area contributed by atoms with Gasteiger partial charge in [0.1, 0.15) is 0 Å². The van der Waals surface area contributed by atoms with E-state index in [0.717, 1.165) is 6.42 Å². The number of allylic oxidation sites excluding steroid dienone is 4. The SMILES string of the molecule is F.[C-]1=CC=CC1.[Ti]. The van der Waals surface area contributed by atoms with Gasteiger partial charge in [-0.25, -0.2) is 12.2 Å². The maximum absolute atomic E-state index is 2.99. The fourth-order valence-corrected chi connectivity index (χ4v) is 0.340. The van der Waals surface area contributed by atoms with Crippen LogP contribution in [0, 0.1) is 6.08 Å². The van der Waals surface area contributed by atoms with Crippen LogP contribution in [0.15, 0.2) is 18.2 Å². The maximum atomic E-state index is 2.99. The summed E-state index contributed by atoms with van der Waals surface area (Å²) in [5.74, 6) is 0. The molecular formula is C5H6FTi-. The van der Waals surface area contributed by atoms with Crippen molar-refractivity contribution in [3.8, 4) is 0 Å². The quantitative estimate of drug-likeness (QED) is 0.346. The van der Waals surface area contributed by atoms with Crippen molar-refractivity contribution in [2.75, 3.05) is 0 Å². The van der Waals surface area contributed by atoms with Gasteiger partial charge in [-0.1, -0.05) is 0 Å². The minimum absolute atomic E-state index is 0. The first-order chi connectivity index (χ1) is 2.50. The van der Waals surface area contributed by atoms with E-state index < -0.39 is 0 Å². The fraction of sp³-hybridized carbons (Fsp3) is 0.200. The number of rotatable bonds is 0. The molecule has 0 radical (unpaired) electrons. The molecule has 0 aliphatic heterocycles. The van der Waals surface area contributed by atoms with Gasteiger partial charge in [0.25, 0.3) is 0 Å². The molecule has 0 aromatic carbocycles. The molecule has 1 rings (SSSR count). The van der Waals surface area contributed by atoms with Gasteiger partial charge in [-0.3, -0.25) is 10.8 Å². The Morgan fingerprint density at radius 1 is 1.43 bits per heavy atom. The van der Waals surface area contributed by atoms with Crippen molar-refractivity contribution in [3.63, 3.8) is 0 Å². The molecule has 1 aliphatic rings. The second kappa shape index (κ2) is 6.12. The van der Waals surface area contributed by atoms with Crippen LogP contribution in [0.25, 0.3) is 0 Å². The molecule has 0 heterocycles. The van der Waals surface area contributed by atoms with Crippen LogP contribution < -0.4 is 0 Å². The zero-order chi connectivity index (χ0) is 3.54. The van der Waals surface area contributed by atoms with Crippen molar-refractivity contribution in [2.45, 2.75) is 6.42 Å². The van der Waals surface area contributed by atoms with Crippen molar-refractivity contribution >= 4 is 0 Å². The molecule has 0 N–H and O–H groups in total. The summed E-state index contributed by atoms with van der Waals surface area (Å²) in [6, 6.07) is 0. The monoisotopic (exact) mass is 133 g/mol. The normalized spacial score (nSPS) is 12.6. The predicted molar refractivity (Wildman–Crippen MR) is 24.1 cm³/mol. The fourth-order valence-electron chi connectivity index (χ4n) is 0.340. The standard InChI is InChI=1S/C5H5.FH.Ti/c1-2-4-5-3-1;;/h1-3H,4H2;1H;/q-1;;. The van der Waals surface area contributed by atoms with Crippen LogP contribution in [0.3, 0.4) is 0 Å². The van der Waals surface area contributed by atoms with Gasteiger partial charge in [-0.05, 0) is 0 Å². The molecule has 2 heteroatoms. The van der Waals surface area contributed by atoms with Gasteiger partial charge < -0.3 is 0 Å². The van der Waals surface area contributed by atoms with Gasteiger partial charge in [-0.2, -0.15) is 6.08 Å². The van der Waals surface area contributed by atoms with Gasteiger partial charge in [0.2, 0.25) is 0 Å². The summed E-state index contributed by atoms with van der Waals surface area (Å²) in [6.45, 7) is 0. The molecule has 38 valence electrons. The third kappa shape index (κ3) is 3.97. The molecule has 0 spiro atoms. The first-order valence-electron chi connectivity index (χ1n) is 1.72. The molecule has 0 unspecified atom stereocenters. The first-order valence-corrected chi connectivity index (χ1v) is 1.72. The Bertz CT molecular complexity index is 66.1. The third-order valence-corrected chi connectivity index (χ3v) is 0.586. The van der Waals surface area contributed by atoms with Crippen molar-refractivity contribution < 1.29 is 26.4 Å². The topological polar surface area (TPSA) is 0 Å². The average molecular weight is 133 g/mol. The Kier molecular flexibility index (Phi) is 8.90. The Morgan fingerprint density at radius 2 is 2.14 bits per heavy atom. The summed E-state index contributed by atoms with van der Waals surface area (Å²) in [5, 5.41) is 0. The summed E-state index contributed by atoms with van der Waals surface area (Å²) in [7, 11) is 0. The molecule has 7 heavy (non-hydrogen) atoms. The minimum Gasteiger partial charge on any atom is -0.273 e. The van der Waals surface area contributed by atoms with E-state index in [1.54, 1.807) is 0 Å². The average Bonchev–Trinajstić information content (AvgIpc) is 1.76. The second-order valence-electron chi connectivity index (χ2n) is 1.00. The largest absolute Gasteiger partial charge is 0.273 e. The summed E-state index contributed by atoms with van der Waals surface area (Å²) >= 11 is 0. The van der Waals surface area contributed by atoms with E-state index >= 15 is 0 Å². The van der Waals surface area contributed by atoms with Gasteiger partial charge in [0.05, 0.1) is 0 Å². The number of halogens is 1. The van der Waals surface area contributed by atoms with E-state index in [1.807, 2.05) is 12.2 Å². The molecule has 0 saturated carbocycles. The summed E-state index contributed by atoms with van der Waals surface area (Å²) in [6.07, 6.45) is 10.0. The molecule has 1 aliphatic carbocycles. The Hall–Kier alpha value is 0.124. The maximum Gasteiger partial charge on any atom is 0 e. The molecule has 0 fully saturated rings. The number of hydrogen-bond acceptors (Lipinski definition) is 0. The van der Waals surface area contributed by atoms with Crippen LogP contribution in [0.2, 0.25) is 0 Å². The van der Waals surface area contributed by atoms with E-state index in [9.17, 15) is 0 Å². The van der Waals surface area contributed by atoms with Gasteiger partial charge in [0, 0.05) is 21.7 Å². The van der Waals surface area contributed by atoms with E-state index in [2.05, 4.69) is 12.2 Å². The molecule has 0 bridgehead atoms. The summed E-state index contributed by atoms with van der Waals surface area (Å²) < 4.78 is 0. The molecule has 0 atom stereocenters. The van der Waals surface area contributed by atoms with Crippen LogP contribution in [-0.2, 0) is 21.7 Å². The number of hydrogen-bond donors (Lipinski definition) is 0. The van der Waals surface area contributed by atoms with Crippen LogP contribution in [0.4, 0.5) is 4.70 Å². The van der Waals surface area contributed by atoms with Crippen LogP contribution in [0.1, 0.15) is 6.42 Å². The molecule has 0 saturated heterocycles. The van der Waals surface area contributed by atoms with Crippen LogP contribution in [-0.4, -0.2) is 0 Å². The molecule has 0 amide bonds. The van der Waals surface area contributed by atoms with Gasteiger partial charge in [-0.15, -0.1) is 6.42 Å². The predicted octanol–water partition coefficient (Wildman–Crippen LogP) is 1.46. The smallest absolute Gasteiger partial charge is 0 e. The Labute approximate surface area is 57.5 Å². The van der Waals surface area contributed by atoms with Crippen LogP contribution >= 0.6 is 0 Å². The van der Waals surface area contributed by atoms with Crippen molar-refractivity contribution in [3.05, 3.63) is 24.3 Å². The molecule has 0 nitrogen and oxygen atoms in total. The second-order valence-corrected chi connectivity index (χ2v) is 1.00. The van der Waals surface area contributed by atoms with E-state index in [4.69, 9.17) is 0 Å². The van der Waals surface area contributed by atoms with E-state index in [1.165, 1.54) is 0 Å². The molecule has 0 aromatic heterocycles. The molecular weight excluding hydrogens is 127 g/mol. The first kappa shape index (κ1) is 10.2. The Morgan fingerprint density at radius 3 is 2.29 bits per heavy atom. The van der Waals surface area contributed by atoms with E-state index in [-0.39, 0.29) is 26.4 Å². The minimum atomic E-state index is 0. The third-order valence-electron chi connectivity index (χ3n) is 0.586. The van der Waals surface area contributed by atoms with Crippen molar-refractivity contribution in [1.82, 2.24) is 0 Å². The van der Waals surface area contributed by atoms with Gasteiger partial charge >= 0.3 is 0 Å². The zero-order valence-corrected chi connectivity index (χ0v) is 5.41. The Balaban J connectivity index is 0. The van der Waals surface area contributed by atoms with Crippen molar-refractivity contribution in [2.24, 2.45) is 0 Å². The van der Waals surface area contributed by atoms with Gasteiger partial charge in [0.15, 0.2) is 0 Å². The summed E-state index contributed by atoms with van der Waals surface area (Å²) in [5.41, 5.74) is 0. The van der Waals surface area contributed by atoms with Crippen LogP contribution in [0.5, 0.6) is 0 Å². The van der Waals surface area contributed by atoms with Crippen molar-refractivity contribution in [1.29, 1.82) is 0 Å².